The van der Waals surface area contributed by atoms with Gasteiger partial charge in [0.1, 0.15) is 24.2 Å². The maximum absolute atomic E-state index is 12.3. The summed E-state index contributed by atoms with van der Waals surface area (Å²) in [7, 11) is 0. The van der Waals surface area contributed by atoms with E-state index in [2.05, 4.69) is 4.98 Å². The number of fused-ring (bicyclic) bond motifs is 1. The van der Waals surface area contributed by atoms with E-state index in [1.54, 1.807) is 12.3 Å². The summed E-state index contributed by atoms with van der Waals surface area (Å²) in [6, 6.07) is 7.05. The molecule has 1 atom stereocenters. The average Bonchev–Trinajstić information content (AvgIpc) is 2.76. The molecular weight excluding hydrogens is 216 g/mol. The number of nitrogens with zero attached hydrogens (tertiary/aromatic N) is 2. The molecule has 0 N–H and O–H groups in total. The Morgan fingerprint density at radius 1 is 1.41 bits per heavy atom. The van der Waals surface area contributed by atoms with Gasteiger partial charge in [-0.3, -0.25) is 4.79 Å². The Hall–Kier alpha value is -2.10. The zero-order valence-corrected chi connectivity index (χ0v) is 9.46. The van der Waals surface area contributed by atoms with Crippen LogP contribution < -0.4 is 4.74 Å². The molecule has 86 valence electrons. The van der Waals surface area contributed by atoms with E-state index in [1.165, 1.54) is 0 Å². The molecule has 2 aromatic rings. The van der Waals surface area contributed by atoms with Crippen LogP contribution in [0.25, 0.3) is 0 Å². The van der Waals surface area contributed by atoms with Crippen molar-refractivity contribution < 1.29 is 9.53 Å². The number of imidazole rings is 1. The molecule has 1 aliphatic heterocycles. The van der Waals surface area contributed by atoms with E-state index in [1.807, 2.05) is 35.9 Å². The summed E-state index contributed by atoms with van der Waals surface area (Å²) in [5.41, 5.74) is 0.650. The number of rotatable bonds is 1. The minimum absolute atomic E-state index is 0.0907. The Kier molecular flexibility index (Phi) is 2.21. The minimum Gasteiger partial charge on any atom is -0.490 e. The van der Waals surface area contributed by atoms with Gasteiger partial charge in [0, 0.05) is 12.4 Å². The van der Waals surface area contributed by atoms with Gasteiger partial charge in [-0.2, -0.15) is 0 Å². The van der Waals surface area contributed by atoms with Crippen molar-refractivity contribution in [3.63, 3.8) is 0 Å². The number of carbonyl (C=O) groups excluding carboxylic acids is 1. The van der Waals surface area contributed by atoms with Crippen molar-refractivity contribution >= 4 is 5.78 Å². The van der Waals surface area contributed by atoms with Crippen LogP contribution in [0.5, 0.6) is 5.75 Å². The quantitative estimate of drug-likeness (QED) is 0.750. The van der Waals surface area contributed by atoms with Crippen LogP contribution >= 0.6 is 0 Å². The molecule has 0 saturated carbocycles. The molecule has 1 unspecified atom stereocenters. The van der Waals surface area contributed by atoms with E-state index in [0.717, 1.165) is 5.82 Å². The number of ketones is 1. The van der Waals surface area contributed by atoms with Crippen molar-refractivity contribution in [2.24, 2.45) is 0 Å². The van der Waals surface area contributed by atoms with Gasteiger partial charge in [-0.05, 0) is 19.1 Å². The summed E-state index contributed by atoms with van der Waals surface area (Å²) in [6.45, 7) is 2.25. The van der Waals surface area contributed by atoms with Gasteiger partial charge in [-0.1, -0.05) is 12.1 Å². The van der Waals surface area contributed by atoms with Gasteiger partial charge in [-0.25, -0.2) is 4.98 Å². The van der Waals surface area contributed by atoms with Gasteiger partial charge in [0.05, 0.1) is 5.56 Å². The lowest BCUT2D eigenvalue weighted by Crippen LogP contribution is -2.30. The van der Waals surface area contributed by atoms with E-state index >= 15 is 0 Å². The van der Waals surface area contributed by atoms with E-state index in [0.29, 0.717) is 17.9 Å². The van der Waals surface area contributed by atoms with E-state index in [9.17, 15) is 4.79 Å². The Labute approximate surface area is 98.9 Å². The summed E-state index contributed by atoms with van der Waals surface area (Å²) >= 11 is 0. The zero-order chi connectivity index (χ0) is 11.8. The number of Topliss-reactive ketones (excluding diaryl/α,β-unsaturated/α-hetero) is 1. The number of hydrogen-bond donors (Lipinski definition) is 0. The van der Waals surface area contributed by atoms with Gasteiger partial charge < -0.3 is 9.30 Å². The Morgan fingerprint density at radius 2 is 2.24 bits per heavy atom. The lowest BCUT2D eigenvalue weighted by atomic mass is 10.0. The third-order valence-electron chi connectivity index (χ3n) is 3.05. The second-order valence-electron chi connectivity index (χ2n) is 4.07. The van der Waals surface area contributed by atoms with Crippen LogP contribution in [-0.4, -0.2) is 21.9 Å². The highest BCUT2D eigenvalue weighted by Crippen LogP contribution is 2.29. The molecule has 4 nitrogen and oxygen atoms in total. The Bertz CT molecular complexity index is 574. The van der Waals surface area contributed by atoms with Crippen LogP contribution in [0.2, 0.25) is 0 Å². The molecule has 4 heteroatoms. The molecule has 0 spiro atoms. The average molecular weight is 228 g/mol. The predicted octanol–water partition coefficient (Wildman–Crippen LogP) is 2.01. The van der Waals surface area contributed by atoms with Crippen LogP contribution in [0.3, 0.4) is 0 Å². The van der Waals surface area contributed by atoms with Gasteiger partial charge in [0.25, 0.3) is 0 Å². The standard InChI is InChI=1S/C13H12N2O2/c1-9-14-6-7-15(9)11-8-17-12-5-3-2-4-10(12)13(11)16/h2-7,11H,8H2,1H3. The molecule has 0 amide bonds. The maximum Gasteiger partial charge on any atom is 0.192 e. The number of aryl methyl sites for hydroxylation is 1. The van der Waals surface area contributed by atoms with E-state index in [-0.39, 0.29) is 11.8 Å². The first-order valence-corrected chi connectivity index (χ1v) is 5.53. The van der Waals surface area contributed by atoms with Gasteiger partial charge in [0.15, 0.2) is 5.78 Å². The first kappa shape index (κ1) is 10.1. The monoisotopic (exact) mass is 228 g/mol. The fourth-order valence-electron chi connectivity index (χ4n) is 2.14. The van der Waals surface area contributed by atoms with Crippen LogP contribution in [-0.2, 0) is 0 Å². The molecule has 1 aromatic carbocycles. The maximum atomic E-state index is 12.3. The highest BCUT2D eigenvalue weighted by molar-refractivity contribution is 6.02. The summed E-state index contributed by atoms with van der Waals surface area (Å²) < 4.78 is 7.48. The summed E-state index contributed by atoms with van der Waals surface area (Å²) in [5, 5.41) is 0. The summed E-state index contributed by atoms with van der Waals surface area (Å²) in [5.74, 6) is 1.59. The first-order valence-electron chi connectivity index (χ1n) is 5.53. The number of ether oxygens (including phenoxy) is 1. The molecular formula is C13H12N2O2. The number of hydrogen-bond acceptors (Lipinski definition) is 3. The minimum atomic E-state index is -0.299. The Morgan fingerprint density at radius 3 is 3.00 bits per heavy atom. The van der Waals surface area contributed by atoms with Crippen molar-refractivity contribution in [2.45, 2.75) is 13.0 Å². The SMILES string of the molecule is Cc1nccn1C1COc2ccccc2C1=O. The van der Waals surface area contributed by atoms with E-state index in [4.69, 9.17) is 4.74 Å². The lowest BCUT2D eigenvalue weighted by Gasteiger charge is -2.25. The third kappa shape index (κ3) is 1.53. The van der Waals surface area contributed by atoms with Crippen molar-refractivity contribution in [3.8, 4) is 5.75 Å². The normalized spacial score (nSPS) is 18.6. The molecule has 2 heterocycles. The van der Waals surface area contributed by atoms with Gasteiger partial charge in [0.2, 0.25) is 0 Å². The number of aromatic nitrogens is 2. The molecule has 17 heavy (non-hydrogen) atoms. The molecule has 0 saturated heterocycles. The fraction of sp³-hybridized carbons (Fsp3) is 0.231. The van der Waals surface area contributed by atoms with Crippen molar-refractivity contribution in [1.29, 1.82) is 0 Å². The second kappa shape index (κ2) is 3.73. The highest BCUT2D eigenvalue weighted by atomic mass is 16.5. The molecule has 0 aliphatic carbocycles. The van der Waals surface area contributed by atoms with Gasteiger partial charge >= 0.3 is 0 Å². The topological polar surface area (TPSA) is 44.1 Å². The van der Waals surface area contributed by atoms with Gasteiger partial charge in [-0.15, -0.1) is 0 Å². The van der Waals surface area contributed by atoms with Crippen LogP contribution in [0.1, 0.15) is 22.2 Å². The zero-order valence-electron chi connectivity index (χ0n) is 9.46. The molecule has 0 bridgehead atoms. The molecule has 1 aromatic heterocycles. The molecule has 3 rings (SSSR count). The fourth-order valence-corrected chi connectivity index (χ4v) is 2.14. The number of carbonyl (C=O) groups is 1. The summed E-state index contributed by atoms with van der Waals surface area (Å²) in [4.78, 5) is 16.5. The van der Waals surface area contributed by atoms with E-state index < -0.39 is 0 Å². The Balaban J connectivity index is 2.03. The van der Waals surface area contributed by atoms with Crippen LogP contribution in [0.15, 0.2) is 36.7 Å². The number of benzene rings is 1. The third-order valence-corrected chi connectivity index (χ3v) is 3.05. The predicted molar refractivity (Wildman–Crippen MR) is 62.3 cm³/mol. The van der Waals surface area contributed by atoms with Crippen molar-refractivity contribution in [3.05, 3.63) is 48.0 Å². The highest BCUT2D eigenvalue weighted by Gasteiger charge is 2.30. The summed E-state index contributed by atoms with van der Waals surface area (Å²) in [6.07, 6.45) is 3.51. The largest absolute Gasteiger partial charge is 0.490 e. The van der Waals surface area contributed by atoms with Crippen molar-refractivity contribution in [1.82, 2.24) is 9.55 Å². The lowest BCUT2D eigenvalue weighted by molar-refractivity contribution is 0.0839. The van der Waals surface area contributed by atoms with Crippen molar-refractivity contribution in [2.75, 3.05) is 6.61 Å². The van der Waals surface area contributed by atoms with Crippen LogP contribution in [0, 0.1) is 6.92 Å². The molecule has 0 fully saturated rings. The second-order valence-corrected chi connectivity index (χ2v) is 4.07. The number of para-hydroxylation sites is 1. The molecule has 0 radical (unpaired) electrons. The smallest absolute Gasteiger partial charge is 0.192 e. The first-order chi connectivity index (χ1) is 8.27. The molecule has 1 aliphatic rings. The van der Waals surface area contributed by atoms with Crippen LogP contribution in [0.4, 0.5) is 0 Å².